The van der Waals surface area contributed by atoms with Crippen LogP contribution in [0, 0.1) is 22.7 Å². The Labute approximate surface area is 239 Å². The van der Waals surface area contributed by atoms with Crippen molar-refractivity contribution in [3.8, 4) is 5.75 Å². The summed E-state index contributed by atoms with van der Waals surface area (Å²) < 4.78 is 33.3. The van der Waals surface area contributed by atoms with Crippen molar-refractivity contribution in [3.05, 3.63) is 23.3 Å². The molecule has 222 valence electrons. The van der Waals surface area contributed by atoms with Crippen molar-refractivity contribution in [1.82, 2.24) is 9.80 Å². The minimum Gasteiger partial charge on any atom is -0.508 e. The number of hydrogen-bond donors (Lipinski definition) is 1. The molecule has 2 aliphatic carbocycles. The molecule has 40 heavy (non-hydrogen) atoms. The molecule has 0 bridgehead atoms. The molecule has 5 rings (SSSR count). The number of rotatable bonds is 1. The summed E-state index contributed by atoms with van der Waals surface area (Å²) in [5.74, 6) is -0.148. The van der Waals surface area contributed by atoms with E-state index < -0.39 is 26.9 Å². The second-order valence-electron chi connectivity index (χ2n) is 14.8. The van der Waals surface area contributed by atoms with Crippen LogP contribution in [-0.4, -0.2) is 72.9 Å². The maximum absolute atomic E-state index is 14.1. The Kier molecular flexibility index (Phi) is 6.84. The highest BCUT2D eigenvalue weighted by Gasteiger charge is 2.62. The van der Waals surface area contributed by atoms with Crippen LogP contribution >= 0.6 is 0 Å². The molecule has 0 spiro atoms. The number of phenolic OH excluding ortho intramolecular Hbond substituents is 1. The number of carbonyl (C=O) groups excluding carboxylic acids is 2. The number of hydrogen-bond acceptors (Lipinski definition) is 6. The van der Waals surface area contributed by atoms with Gasteiger partial charge >= 0.3 is 6.09 Å². The van der Waals surface area contributed by atoms with Gasteiger partial charge in [0, 0.05) is 31.7 Å². The van der Waals surface area contributed by atoms with Gasteiger partial charge in [-0.05, 0) is 92.2 Å². The van der Waals surface area contributed by atoms with E-state index in [1.165, 1.54) is 12.1 Å². The fraction of sp³-hybridized carbons (Fsp3) is 0.742. The Morgan fingerprint density at radius 1 is 0.950 bits per heavy atom. The highest BCUT2D eigenvalue weighted by Crippen LogP contribution is 2.67. The molecule has 4 unspecified atom stereocenters. The number of ether oxygens (including phenoxy) is 1. The van der Waals surface area contributed by atoms with Crippen molar-refractivity contribution >= 4 is 21.8 Å². The quantitative estimate of drug-likeness (QED) is 0.484. The zero-order valence-electron chi connectivity index (χ0n) is 25.2. The van der Waals surface area contributed by atoms with Crippen molar-refractivity contribution in [1.29, 1.82) is 0 Å². The van der Waals surface area contributed by atoms with Crippen molar-refractivity contribution in [2.45, 2.75) is 96.5 Å². The van der Waals surface area contributed by atoms with Gasteiger partial charge in [-0.15, -0.1) is 0 Å². The van der Waals surface area contributed by atoms with Gasteiger partial charge in [-0.3, -0.25) is 4.79 Å². The third-order valence-electron chi connectivity index (χ3n) is 10.6. The number of piperazine rings is 1. The summed E-state index contributed by atoms with van der Waals surface area (Å²) in [5.41, 5.74) is -0.254. The summed E-state index contributed by atoms with van der Waals surface area (Å²) in [6.07, 6.45) is 4.59. The summed E-state index contributed by atoms with van der Waals surface area (Å²) in [6.45, 7) is 15.8. The van der Waals surface area contributed by atoms with Gasteiger partial charge < -0.3 is 19.6 Å². The fourth-order valence-electron chi connectivity index (χ4n) is 8.83. The third kappa shape index (κ3) is 4.70. The van der Waals surface area contributed by atoms with Gasteiger partial charge in [-0.2, -0.15) is 0 Å². The number of nitrogens with zero attached hydrogens (tertiary/aromatic N) is 2. The first kappa shape index (κ1) is 29.2. The fourth-order valence-corrected chi connectivity index (χ4v) is 11.1. The molecule has 2 saturated carbocycles. The summed E-state index contributed by atoms with van der Waals surface area (Å²) in [4.78, 5) is 30.0. The Balaban J connectivity index is 1.51. The lowest BCUT2D eigenvalue weighted by Gasteiger charge is -2.64. The molecular formula is C31H46N2O6S. The molecule has 0 aromatic heterocycles. The number of aromatic hydroxyl groups is 1. The van der Waals surface area contributed by atoms with E-state index in [1.54, 1.807) is 9.80 Å². The molecular weight excluding hydrogens is 528 g/mol. The van der Waals surface area contributed by atoms with Crippen LogP contribution in [0.1, 0.15) is 96.5 Å². The predicted octanol–water partition coefficient (Wildman–Crippen LogP) is 5.37. The lowest BCUT2D eigenvalue weighted by Crippen LogP contribution is -2.60. The average molecular weight is 575 g/mol. The number of carbonyl (C=O) groups is 2. The molecule has 2 amide bonds. The van der Waals surface area contributed by atoms with Gasteiger partial charge in [0.15, 0.2) is 9.84 Å². The van der Waals surface area contributed by atoms with Crippen molar-refractivity contribution in [3.63, 3.8) is 0 Å². The molecule has 1 N–H and O–H groups in total. The number of sulfone groups is 1. The van der Waals surface area contributed by atoms with E-state index in [4.69, 9.17) is 4.74 Å². The molecule has 1 aromatic carbocycles. The van der Waals surface area contributed by atoms with Gasteiger partial charge in [0.25, 0.3) is 5.91 Å². The molecule has 4 aliphatic rings. The maximum Gasteiger partial charge on any atom is 0.410 e. The first-order valence-corrected chi connectivity index (χ1v) is 16.4. The lowest BCUT2D eigenvalue weighted by molar-refractivity contribution is -0.0982. The monoisotopic (exact) mass is 574 g/mol. The first-order valence-electron chi connectivity index (χ1n) is 14.8. The highest BCUT2D eigenvalue weighted by atomic mass is 32.2. The Hall–Kier alpha value is -2.29. The van der Waals surface area contributed by atoms with E-state index in [1.807, 2.05) is 20.8 Å². The molecule has 9 heteroatoms. The van der Waals surface area contributed by atoms with E-state index in [-0.39, 0.29) is 44.6 Å². The normalized spacial score (nSPS) is 32.9. The number of benzene rings is 1. The van der Waals surface area contributed by atoms with E-state index in [9.17, 15) is 23.1 Å². The molecule has 2 aliphatic heterocycles. The molecule has 4 atom stereocenters. The van der Waals surface area contributed by atoms with Crippen LogP contribution in [0.3, 0.4) is 0 Å². The maximum atomic E-state index is 14.1. The molecule has 1 saturated heterocycles. The van der Waals surface area contributed by atoms with Crippen LogP contribution in [0.5, 0.6) is 5.75 Å². The molecule has 0 radical (unpaired) electrons. The van der Waals surface area contributed by atoms with E-state index in [2.05, 4.69) is 27.7 Å². The molecule has 2 heterocycles. The Morgan fingerprint density at radius 3 is 2.20 bits per heavy atom. The van der Waals surface area contributed by atoms with Crippen LogP contribution in [-0.2, 0) is 20.0 Å². The minimum atomic E-state index is -3.72. The standard InChI is InChI=1S/C31H46N2O6S/c1-28(2,3)39-27(36)33-15-13-32(14-16-33)26(35)21-17-20(34)18-22-25(21)31(7)12-9-23-29(4,5)10-8-11-30(23,6)24(31)19-40(22,37)38/h17-18,23-24,34H,8-16,19H2,1-7H3. The minimum absolute atomic E-state index is 0.0469. The Morgan fingerprint density at radius 2 is 1.57 bits per heavy atom. The molecule has 3 fully saturated rings. The van der Waals surface area contributed by atoms with Gasteiger partial charge in [-0.1, -0.05) is 34.1 Å². The SMILES string of the molecule is CC(C)(C)OC(=O)N1CCN(C(=O)c2cc(O)cc3c2C2(C)CCC4C(C)(C)CCCC4(C)C2CS3(=O)=O)CC1. The number of phenols is 1. The second kappa shape index (κ2) is 9.36. The van der Waals surface area contributed by atoms with Crippen LogP contribution in [0.2, 0.25) is 0 Å². The van der Waals surface area contributed by atoms with Crippen molar-refractivity contribution < 1.29 is 27.9 Å². The zero-order chi connectivity index (χ0) is 29.5. The summed E-state index contributed by atoms with van der Waals surface area (Å²) in [5, 5.41) is 10.7. The van der Waals surface area contributed by atoms with E-state index >= 15 is 0 Å². The predicted molar refractivity (Wildman–Crippen MR) is 153 cm³/mol. The largest absolute Gasteiger partial charge is 0.508 e. The second-order valence-corrected chi connectivity index (χ2v) is 16.8. The summed E-state index contributed by atoms with van der Waals surface area (Å²) >= 11 is 0. The zero-order valence-corrected chi connectivity index (χ0v) is 26.0. The first-order chi connectivity index (χ1) is 18.4. The number of fused-ring (bicyclic) bond motifs is 5. The lowest BCUT2D eigenvalue weighted by atomic mass is 9.42. The van der Waals surface area contributed by atoms with Crippen molar-refractivity contribution in [2.75, 3.05) is 31.9 Å². The Bertz CT molecular complexity index is 1320. The van der Waals surface area contributed by atoms with Gasteiger partial charge in [0.1, 0.15) is 11.4 Å². The van der Waals surface area contributed by atoms with Crippen LogP contribution in [0.15, 0.2) is 17.0 Å². The van der Waals surface area contributed by atoms with E-state index in [0.717, 1.165) is 32.1 Å². The van der Waals surface area contributed by atoms with Gasteiger partial charge in [-0.25, -0.2) is 13.2 Å². The average Bonchev–Trinajstić information content (AvgIpc) is 2.83. The highest BCUT2D eigenvalue weighted by molar-refractivity contribution is 7.91. The van der Waals surface area contributed by atoms with E-state index in [0.29, 0.717) is 37.7 Å². The van der Waals surface area contributed by atoms with Crippen LogP contribution in [0.25, 0.3) is 0 Å². The summed E-state index contributed by atoms with van der Waals surface area (Å²) in [6, 6.07) is 2.81. The summed E-state index contributed by atoms with van der Waals surface area (Å²) in [7, 11) is -3.72. The third-order valence-corrected chi connectivity index (χ3v) is 12.4. The van der Waals surface area contributed by atoms with Crippen molar-refractivity contribution in [2.24, 2.45) is 22.7 Å². The number of amides is 2. The smallest absolute Gasteiger partial charge is 0.410 e. The van der Waals surface area contributed by atoms with Gasteiger partial charge in [0.2, 0.25) is 0 Å². The topological polar surface area (TPSA) is 104 Å². The molecule has 8 nitrogen and oxygen atoms in total. The molecule has 1 aromatic rings. The van der Waals surface area contributed by atoms with Crippen LogP contribution < -0.4 is 0 Å². The van der Waals surface area contributed by atoms with Crippen LogP contribution in [0.4, 0.5) is 4.79 Å². The van der Waals surface area contributed by atoms with Gasteiger partial charge in [0.05, 0.1) is 10.6 Å².